The normalized spacial score (nSPS) is 12.4. The van der Waals surface area contributed by atoms with Crippen molar-refractivity contribution in [3.8, 4) is 17.0 Å². The summed E-state index contributed by atoms with van der Waals surface area (Å²) in [7, 11) is -1.90. The molecule has 1 amide bonds. The van der Waals surface area contributed by atoms with Crippen molar-refractivity contribution in [2.24, 2.45) is 0 Å². The fourth-order valence-corrected chi connectivity index (χ4v) is 4.13. The standard InChI is InChI=1S/C23H29Cl4FN2O4Si/c1-14-9-17(28)18(29-21(31)33-13-23(25,26)27)12-16(14)15-10-19(24)30-20(11-15)32-7-8-34-35(5,6)22(2,3)4/h9-12H,7-8,13H2,1-6H3,(H,29,31). The van der Waals surface area contributed by atoms with E-state index in [2.05, 4.69) is 44.2 Å². The van der Waals surface area contributed by atoms with Crippen LogP contribution in [0, 0.1) is 12.7 Å². The molecular formula is C23H29Cl4FN2O4Si. The Morgan fingerprint density at radius 3 is 2.37 bits per heavy atom. The van der Waals surface area contributed by atoms with Gasteiger partial charge < -0.3 is 13.9 Å². The van der Waals surface area contributed by atoms with Crippen LogP contribution in [-0.4, -0.2) is 43.0 Å². The number of nitrogens with one attached hydrogen (secondary N) is 1. The first-order valence-electron chi connectivity index (χ1n) is 10.7. The zero-order chi connectivity index (χ0) is 26.6. The van der Waals surface area contributed by atoms with Gasteiger partial charge in [-0.05, 0) is 59.9 Å². The summed E-state index contributed by atoms with van der Waals surface area (Å²) in [5.41, 5.74) is 1.73. The van der Waals surface area contributed by atoms with Crippen molar-refractivity contribution in [1.82, 2.24) is 4.98 Å². The molecule has 2 aromatic rings. The first-order chi connectivity index (χ1) is 16.0. The summed E-state index contributed by atoms with van der Waals surface area (Å²) in [5.74, 6) is -0.358. The summed E-state index contributed by atoms with van der Waals surface area (Å²) in [6.07, 6.45) is -0.969. The van der Waals surface area contributed by atoms with Crippen LogP contribution < -0.4 is 10.1 Å². The topological polar surface area (TPSA) is 69.7 Å². The highest BCUT2D eigenvalue weighted by molar-refractivity contribution is 6.74. The van der Waals surface area contributed by atoms with Crippen molar-refractivity contribution in [3.05, 3.63) is 40.8 Å². The first kappa shape index (κ1) is 29.9. The Labute approximate surface area is 226 Å². The maximum absolute atomic E-state index is 14.5. The predicted molar refractivity (Wildman–Crippen MR) is 143 cm³/mol. The monoisotopic (exact) mass is 584 g/mol. The smallest absolute Gasteiger partial charge is 0.411 e. The molecule has 0 saturated carbocycles. The van der Waals surface area contributed by atoms with Crippen LogP contribution in [0.5, 0.6) is 5.88 Å². The van der Waals surface area contributed by atoms with Crippen molar-refractivity contribution >= 4 is 66.5 Å². The van der Waals surface area contributed by atoms with Gasteiger partial charge in [-0.3, -0.25) is 5.32 Å². The number of benzene rings is 1. The molecule has 0 spiro atoms. The van der Waals surface area contributed by atoms with Gasteiger partial charge >= 0.3 is 6.09 Å². The van der Waals surface area contributed by atoms with Gasteiger partial charge in [0.1, 0.15) is 24.2 Å². The average Bonchev–Trinajstić information content (AvgIpc) is 2.70. The molecule has 1 aromatic carbocycles. The summed E-state index contributed by atoms with van der Waals surface area (Å²) in [5, 5.41) is 2.60. The van der Waals surface area contributed by atoms with Gasteiger partial charge in [-0.1, -0.05) is 67.2 Å². The molecule has 194 valence electrons. The maximum Gasteiger partial charge on any atom is 0.411 e. The number of aromatic nitrogens is 1. The number of nitrogens with zero attached hydrogens (tertiary/aromatic N) is 1. The molecule has 12 heteroatoms. The Kier molecular flexibility index (Phi) is 10.1. The lowest BCUT2D eigenvalue weighted by Gasteiger charge is -2.36. The lowest BCUT2D eigenvalue weighted by molar-refractivity contribution is 0.164. The SMILES string of the molecule is Cc1cc(F)c(NC(=O)OCC(Cl)(Cl)Cl)cc1-c1cc(Cl)nc(OCCO[Si](C)(C)C(C)(C)C)c1. The molecule has 0 fully saturated rings. The molecule has 1 aromatic heterocycles. The van der Waals surface area contributed by atoms with Crippen LogP contribution in [0.4, 0.5) is 14.9 Å². The van der Waals surface area contributed by atoms with Gasteiger partial charge in [-0.2, -0.15) is 0 Å². The van der Waals surface area contributed by atoms with Crippen LogP contribution >= 0.6 is 46.4 Å². The van der Waals surface area contributed by atoms with Crippen LogP contribution in [0.2, 0.25) is 23.3 Å². The highest BCUT2D eigenvalue weighted by atomic mass is 35.6. The van der Waals surface area contributed by atoms with Gasteiger partial charge in [-0.25, -0.2) is 14.2 Å². The number of carbonyl (C=O) groups is 1. The number of carbonyl (C=O) groups excluding carboxylic acids is 1. The number of rotatable bonds is 8. The van der Waals surface area contributed by atoms with Gasteiger partial charge in [-0.15, -0.1) is 0 Å². The molecular weight excluding hydrogens is 557 g/mol. The molecule has 1 heterocycles. The third-order valence-electron chi connectivity index (χ3n) is 5.60. The molecule has 1 N–H and O–H groups in total. The minimum atomic E-state index is -1.90. The Morgan fingerprint density at radius 2 is 1.77 bits per heavy atom. The second-order valence-electron chi connectivity index (χ2n) is 9.44. The number of alkyl halides is 3. The Hall–Kier alpha value is -1.29. The van der Waals surface area contributed by atoms with E-state index in [1.165, 1.54) is 12.1 Å². The number of hydrogen-bond acceptors (Lipinski definition) is 5. The molecule has 0 aliphatic rings. The maximum atomic E-state index is 14.5. The zero-order valence-corrected chi connectivity index (χ0v) is 24.4. The first-order valence-corrected chi connectivity index (χ1v) is 15.2. The molecule has 0 saturated heterocycles. The second kappa shape index (κ2) is 11.8. The summed E-state index contributed by atoms with van der Waals surface area (Å²) < 4.78 is 29.4. The zero-order valence-electron chi connectivity index (χ0n) is 20.4. The Morgan fingerprint density at radius 1 is 1.11 bits per heavy atom. The number of aryl methyl sites for hydroxylation is 1. The van der Waals surface area contributed by atoms with E-state index < -0.39 is 30.6 Å². The summed E-state index contributed by atoms with van der Waals surface area (Å²) in [6, 6.07) is 6.04. The molecule has 0 aliphatic heterocycles. The lowest BCUT2D eigenvalue weighted by Crippen LogP contribution is -2.41. The second-order valence-corrected chi connectivity index (χ2v) is 17.1. The molecule has 0 aliphatic carbocycles. The molecule has 35 heavy (non-hydrogen) atoms. The summed E-state index contributed by atoms with van der Waals surface area (Å²) >= 11 is 22.9. The van der Waals surface area contributed by atoms with E-state index in [4.69, 9.17) is 60.3 Å². The van der Waals surface area contributed by atoms with E-state index >= 15 is 0 Å². The molecule has 0 bridgehead atoms. The van der Waals surface area contributed by atoms with Crippen molar-refractivity contribution in [2.75, 3.05) is 25.1 Å². The number of halogens is 5. The van der Waals surface area contributed by atoms with E-state index in [0.29, 0.717) is 35.8 Å². The molecule has 0 unspecified atom stereocenters. The predicted octanol–water partition coefficient (Wildman–Crippen LogP) is 8.17. The minimum Gasteiger partial charge on any atom is -0.475 e. The van der Waals surface area contributed by atoms with Gasteiger partial charge in [0, 0.05) is 6.07 Å². The van der Waals surface area contributed by atoms with Crippen molar-refractivity contribution in [2.45, 2.75) is 49.6 Å². The van der Waals surface area contributed by atoms with Crippen LogP contribution in [0.15, 0.2) is 24.3 Å². The molecule has 0 atom stereocenters. The molecule has 2 rings (SSSR count). The Bertz CT molecular complexity index is 1060. The fraction of sp³-hybridized carbons (Fsp3) is 0.478. The number of anilines is 1. The van der Waals surface area contributed by atoms with Crippen LogP contribution in [0.1, 0.15) is 26.3 Å². The van der Waals surface area contributed by atoms with E-state index in [9.17, 15) is 9.18 Å². The molecule has 6 nitrogen and oxygen atoms in total. The van der Waals surface area contributed by atoms with Crippen LogP contribution in [-0.2, 0) is 9.16 Å². The van der Waals surface area contributed by atoms with E-state index in [1.807, 2.05) is 0 Å². The van der Waals surface area contributed by atoms with Gasteiger partial charge in [0.05, 0.1) is 12.3 Å². The van der Waals surface area contributed by atoms with E-state index in [1.54, 1.807) is 19.1 Å². The highest BCUT2D eigenvalue weighted by Gasteiger charge is 2.36. The third-order valence-corrected chi connectivity index (χ3v) is 10.7. The van der Waals surface area contributed by atoms with Gasteiger partial charge in [0.25, 0.3) is 0 Å². The number of pyridine rings is 1. The highest BCUT2D eigenvalue weighted by Crippen LogP contribution is 2.36. The number of ether oxygens (including phenoxy) is 2. The third kappa shape index (κ3) is 9.26. The van der Waals surface area contributed by atoms with Crippen molar-refractivity contribution < 1.29 is 23.1 Å². The fourth-order valence-electron chi connectivity index (χ4n) is 2.73. The largest absolute Gasteiger partial charge is 0.475 e. The average molecular weight is 586 g/mol. The van der Waals surface area contributed by atoms with E-state index in [0.717, 1.165) is 0 Å². The summed E-state index contributed by atoms with van der Waals surface area (Å²) in [4.78, 5) is 16.2. The van der Waals surface area contributed by atoms with Crippen LogP contribution in [0.25, 0.3) is 11.1 Å². The number of amides is 1. The Balaban J connectivity index is 2.17. The minimum absolute atomic E-state index is 0.0911. The van der Waals surface area contributed by atoms with Crippen molar-refractivity contribution in [1.29, 1.82) is 0 Å². The van der Waals surface area contributed by atoms with Gasteiger partial charge in [0.2, 0.25) is 9.67 Å². The summed E-state index contributed by atoms with van der Waals surface area (Å²) in [6.45, 7) is 12.8. The van der Waals surface area contributed by atoms with E-state index in [-0.39, 0.29) is 15.9 Å². The quantitative estimate of drug-likeness (QED) is 0.146. The number of hydrogen-bond donors (Lipinski definition) is 1. The van der Waals surface area contributed by atoms with Crippen molar-refractivity contribution in [3.63, 3.8) is 0 Å². The van der Waals surface area contributed by atoms with Gasteiger partial charge in [0.15, 0.2) is 8.32 Å². The molecule has 0 radical (unpaired) electrons. The lowest BCUT2D eigenvalue weighted by atomic mass is 10.0. The van der Waals surface area contributed by atoms with Crippen LogP contribution in [0.3, 0.4) is 0 Å².